The van der Waals surface area contributed by atoms with E-state index in [9.17, 15) is 15.0 Å². The molecule has 2 rings (SSSR count). The number of aliphatic hydroxyl groups is 3. The number of H-pyrrole nitrogens is 1. The molecule has 0 saturated carbocycles. The van der Waals surface area contributed by atoms with Crippen LogP contribution in [-0.2, 0) is 4.74 Å². The van der Waals surface area contributed by atoms with Crippen molar-refractivity contribution in [2.24, 2.45) is 0 Å². The standard InChI is InChI=1S/C9H13N3O5/c13-2-5-6(14)7(15)9(17-5)12-8(16)4-1-10-3-11-4/h1,3,5-7,9,13-15H,2H2,(H,10,11)(H,12,16)/t5-,6-,7-,9-/m1/s1. The summed E-state index contributed by atoms with van der Waals surface area (Å²) in [7, 11) is 0. The number of hydrogen-bond acceptors (Lipinski definition) is 6. The van der Waals surface area contributed by atoms with Crippen molar-refractivity contribution < 1.29 is 24.9 Å². The first kappa shape index (κ1) is 12.0. The van der Waals surface area contributed by atoms with E-state index in [0.29, 0.717) is 0 Å². The number of aromatic amines is 1. The minimum Gasteiger partial charge on any atom is -0.394 e. The predicted octanol–water partition coefficient (Wildman–Crippen LogP) is -2.42. The Hall–Kier alpha value is -1.48. The maximum Gasteiger partial charge on any atom is 0.273 e. The number of nitrogens with one attached hydrogen (secondary N) is 2. The quantitative estimate of drug-likeness (QED) is 0.402. The van der Waals surface area contributed by atoms with Crippen molar-refractivity contribution in [1.29, 1.82) is 0 Å². The van der Waals surface area contributed by atoms with Gasteiger partial charge in [-0.2, -0.15) is 0 Å². The highest BCUT2D eigenvalue weighted by Gasteiger charge is 2.43. The van der Waals surface area contributed by atoms with Gasteiger partial charge in [0.05, 0.1) is 12.9 Å². The fraction of sp³-hybridized carbons (Fsp3) is 0.556. The fourth-order valence-corrected chi connectivity index (χ4v) is 1.61. The van der Waals surface area contributed by atoms with E-state index in [1.807, 2.05) is 0 Å². The first-order chi connectivity index (χ1) is 8.13. The van der Waals surface area contributed by atoms with Gasteiger partial charge in [0.1, 0.15) is 24.0 Å². The van der Waals surface area contributed by atoms with Gasteiger partial charge >= 0.3 is 0 Å². The largest absolute Gasteiger partial charge is 0.394 e. The summed E-state index contributed by atoms with van der Waals surface area (Å²) in [5, 5.41) is 30.3. The molecule has 0 aliphatic carbocycles. The second-order valence-corrected chi connectivity index (χ2v) is 3.69. The van der Waals surface area contributed by atoms with Crippen LogP contribution in [0.2, 0.25) is 0 Å². The summed E-state index contributed by atoms with van der Waals surface area (Å²) >= 11 is 0. The van der Waals surface area contributed by atoms with Crippen molar-refractivity contribution in [3.63, 3.8) is 0 Å². The van der Waals surface area contributed by atoms with Gasteiger partial charge < -0.3 is 30.4 Å². The van der Waals surface area contributed by atoms with Crippen LogP contribution in [0.15, 0.2) is 12.5 Å². The zero-order chi connectivity index (χ0) is 12.4. The number of nitrogens with zero attached hydrogens (tertiary/aromatic N) is 1. The third-order valence-electron chi connectivity index (χ3n) is 2.55. The molecule has 1 aromatic heterocycles. The molecule has 1 aromatic rings. The van der Waals surface area contributed by atoms with Crippen LogP contribution in [-0.4, -0.2) is 62.3 Å². The van der Waals surface area contributed by atoms with E-state index in [4.69, 9.17) is 9.84 Å². The zero-order valence-corrected chi connectivity index (χ0v) is 8.78. The van der Waals surface area contributed by atoms with Crippen molar-refractivity contribution in [1.82, 2.24) is 15.3 Å². The Balaban J connectivity index is 1.98. The number of amides is 1. The molecule has 0 unspecified atom stereocenters. The molecule has 4 atom stereocenters. The molecule has 8 nitrogen and oxygen atoms in total. The first-order valence-corrected chi connectivity index (χ1v) is 5.05. The van der Waals surface area contributed by atoms with Gasteiger partial charge in [0, 0.05) is 6.20 Å². The number of carbonyl (C=O) groups excluding carboxylic acids is 1. The minimum absolute atomic E-state index is 0.141. The highest BCUT2D eigenvalue weighted by molar-refractivity contribution is 5.92. The monoisotopic (exact) mass is 243 g/mol. The lowest BCUT2D eigenvalue weighted by Crippen LogP contribution is -2.43. The lowest BCUT2D eigenvalue weighted by Gasteiger charge is -2.15. The molecule has 0 bridgehead atoms. The van der Waals surface area contributed by atoms with Gasteiger partial charge in [0.15, 0.2) is 6.23 Å². The van der Waals surface area contributed by atoms with Gasteiger partial charge in [0.25, 0.3) is 5.91 Å². The number of ether oxygens (including phenoxy) is 1. The molecule has 1 fully saturated rings. The van der Waals surface area contributed by atoms with E-state index in [-0.39, 0.29) is 5.69 Å². The summed E-state index contributed by atoms with van der Waals surface area (Å²) in [6.45, 7) is -0.437. The third-order valence-corrected chi connectivity index (χ3v) is 2.55. The number of aromatic nitrogens is 2. The summed E-state index contributed by atoms with van der Waals surface area (Å²) in [5.74, 6) is -0.541. The van der Waals surface area contributed by atoms with Crippen molar-refractivity contribution in [2.45, 2.75) is 24.5 Å². The van der Waals surface area contributed by atoms with Crippen LogP contribution in [0, 0.1) is 0 Å². The maximum atomic E-state index is 11.6. The number of rotatable bonds is 3. The summed E-state index contributed by atoms with van der Waals surface area (Å²) in [6.07, 6.45) is -1.76. The molecule has 1 aliphatic heterocycles. The minimum atomic E-state index is -1.28. The predicted molar refractivity (Wildman–Crippen MR) is 53.8 cm³/mol. The molecule has 0 aromatic carbocycles. The molecule has 17 heavy (non-hydrogen) atoms. The molecule has 8 heteroatoms. The van der Waals surface area contributed by atoms with Gasteiger partial charge in [-0.15, -0.1) is 0 Å². The molecule has 1 aliphatic rings. The number of carbonyl (C=O) groups is 1. The summed E-state index contributed by atoms with van der Waals surface area (Å²) in [5.41, 5.74) is 0.141. The van der Waals surface area contributed by atoms with Crippen LogP contribution < -0.4 is 5.32 Å². The van der Waals surface area contributed by atoms with Crippen LogP contribution in [0.5, 0.6) is 0 Å². The van der Waals surface area contributed by atoms with E-state index >= 15 is 0 Å². The summed E-state index contributed by atoms with van der Waals surface area (Å²) in [4.78, 5) is 17.9. The van der Waals surface area contributed by atoms with Gasteiger partial charge in [-0.3, -0.25) is 4.79 Å². The molecule has 0 spiro atoms. The van der Waals surface area contributed by atoms with Gasteiger partial charge in [-0.1, -0.05) is 0 Å². The Morgan fingerprint density at radius 3 is 2.82 bits per heavy atom. The van der Waals surface area contributed by atoms with Crippen molar-refractivity contribution in [2.75, 3.05) is 6.61 Å². The summed E-state index contributed by atoms with van der Waals surface area (Å²) < 4.78 is 5.08. The first-order valence-electron chi connectivity index (χ1n) is 5.05. The van der Waals surface area contributed by atoms with Crippen molar-refractivity contribution in [3.05, 3.63) is 18.2 Å². The van der Waals surface area contributed by atoms with E-state index in [0.717, 1.165) is 0 Å². The van der Waals surface area contributed by atoms with Crippen LogP contribution in [0.3, 0.4) is 0 Å². The maximum absolute atomic E-state index is 11.6. The molecular formula is C9H13N3O5. The Morgan fingerprint density at radius 1 is 1.53 bits per heavy atom. The number of imidazole rings is 1. The molecule has 94 valence electrons. The Morgan fingerprint density at radius 2 is 2.29 bits per heavy atom. The SMILES string of the molecule is O=C(N[C@@H]1O[C@H](CO)[C@@H](O)[C@H]1O)c1c[nH]cn1. The number of hydrogen-bond donors (Lipinski definition) is 5. The second-order valence-electron chi connectivity index (χ2n) is 3.69. The average molecular weight is 243 g/mol. The third kappa shape index (κ3) is 2.29. The van der Waals surface area contributed by atoms with E-state index < -0.39 is 37.1 Å². The topological polar surface area (TPSA) is 128 Å². The smallest absolute Gasteiger partial charge is 0.273 e. The van der Waals surface area contributed by atoms with E-state index in [1.165, 1.54) is 12.5 Å². The number of aliphatic hydroxyl groups excluding tert-OH is 3. The van der Waals surface area contributed by atoms with Crippen LogP contribution in [0.25, 0.3) is 0 Å². The van der Waals surface area contributed by atoms with Crippen LogP contribution >= 0.6 is 0 Å². The fourth-order valence-electron chi connectivity index (χ4n) is 1.61. The molecule has 2 heterocycles. The van der Waals surface area contributed by atoms with Gasteiger partial charge in [0.2, 0.25) is 0 Å². The molecule has 1 amide bonds. The van der Waals surface area contributed by atoms with Crippen LogP contribution in [0.4, 0.5) is 0 Å². The van der Waals surface area contributed by atoms with Gasteiger partial charge in [-0.05, 0) is 0 Å². The Bertz CT molecular complexity index is 382. The van der Waals surface area contributed by atoms with Crippen LogP contribution in [0.1, 0.15) is 10.5 Å². The Labute approximate surface area is 96.3 Å². The van der Waals surface area contributed by atoms with E-state index in [2.05, 4.69) is 15.3 Å². The highest BCUT2D eigenvalue weighted by atomic mass is 16.6. The zero-order valence-electron chi connectivity index (χ0n) is 8.78. The lowest BCUT2D eigenvalue weighted by molar-refractivity contribution is -0.0304. The highest BCUT2D eigenvalue weighted by Crippen LogP contribution is 2.19. The van der Waals surface area contributed by atoms with Crippen molar-refractivity contribution >= 4 is 5.91 Å². The van der Waals surface area contributed by atoms with Crippen molar-refractivity contribution in [3.8, 4) is 0 Å². The second kappa shape index (κ2) is 4.80. The Kier molecular flexibility index (Phi) is 3.38. The summed E-state index contributed by atoms with van der Waals surface area (Å²) in [6, 6.07) is 0. The molecular weight excluding hydrogens is 230 g/mol. The lowest BCUT2D eigenvalue weighted by atomic mass is 10.1. The molecule has 1 saturated heterocycles. The normalized spacial score (nSPS) is 32.6. The van der Waals surface area contributed by atoms with Gasteiger partial charge in [-0.25, -0.2) is 4.98 Å². The molecule has 5 N–H and O–H groups in total. The van der Waals surface area contributed by atoms with E-state index in [1.54, 1.807) is 0 Å². The average Bonchev–Trinajstić information content (AvgIpc) is 2.93. The molecule has 0 radical (unpaired) electrons.